The van der Waals surface area contributed by atoms with Crippen molar-refractivity contribution in [2.45, 2.75) is 35.4 Å². The van der Waals surface area contributed by atoms with E-state index in [9.17, 15) is 14.0 Å². The van der Waals surface area contributed by atoms with Crippen LogP contribution in [0, 0.1) is 18.2 Å². The Labute approximate surface area is 220 Å². The van der Waals surface area contributed by atoms with E-state index in [0.717, 1.165) is 0 Å². The molecule has 1 aromatic carbocycles. The molecule has 0 bridgehead atoms. The Hall–Kier alpha value is -2.23. The second-order valence-electron chi connectivity index (χ2n) is 7.80. The maximum absolute atomic E-state index is 14.5. The minimum atomic E-state index is -0.600. The van der Waals surface area contributed by atoms with Crippen LogP contribution in [0.4, 0.5) is 9.18 Å². The number of benzene rings is 1. The lowest BCUT2D eigenvalue weighted by Gasteiger charge is -2.31. The Balaban J connectivity index is 1.90. The van der Waals surface area contributed by atoms with E-state index in [1.807, 2.05) is 0 Å². The van der Waals surface area contributed by atoms with Gasteiger partial charge in [0.2, 0.25) is 5.91 Å². The zero-order valence-corrected chi connectivity index (χ0v) is 22.0. The lowest BCUT2D eigenvalue weighted by atomic mass is 10.1. The summed E-state index contributed by atoms with van der Waals surface area (Å²) in [6.07, 6.45) is 5.45. The molecule has 1 heterocycles. The van der Waals surface area contributed by atoms with Gasteiger partial charge < -0.3 is 34.9 Å². The summed E-state index contributed by atoms with van der Waals surface area (Å²) < 4.78 is 35.6. The van der Waals surface area contributed by atoms with E-state index in [4.69, 9.17) is 37.0 Å². The van der Waals surface area contributed by atoms with Gasteiger partial charge in [-0.3, -0.25) is 4.79 Å². The number of terminal acetylenes is 1. The number of halogens is 2. The molecule has 1 aliphatic heterocycles. The monoisotopic (exact) mass is 545 g/mol. The highest BCUT2D eigenvalue weighted by Gasteiger charge is 2.32. The maximum Gasteiger partial charge on any atom is 0.315 e. The number of methoxy groups -OCH3 is 1. The Morgan fingerprint density at radius 1 is 1.28 bits per heavy atom. The minimum Gasteiger partial charge on any atom is -0.497 e. The van der Waals surface area contributed by atoms with E-state index in [1.165, 1.54) is 24.9 Å². The number of nitrogens with one attached hydrogen (secondary N) is 3. The standard InChI is InChI=1S/C24H33ClFN3O6S/c1-4-8-33-10-12-35-13-11-34-9-7-21(36-23-19(25)15-27-24(31)29-23)22(30)28-16(2)18-6-5-17(32-3)14-20(18)26/h1,5-6,14,16,19,21,23H,7-13,15H2,2-3H3,(H,28,30)(H2,27,29,31)/t16-,19?,21-,23?/m1/s1. The second-order valence-corrected chi connectivity index (χ2v) is 9.71. The molecule has 0 spiro atoms. The number of amides is 3. The zero-order chi connectivity index (χ0) is 26.3. The first-order valence-corrected chi connectivity index (χ1v) is 12.9. The van der Waals surface area contributed by atoms with Crippen LogP contribution in [0.5, 0.6) is 5.75 Å². The van der Waals surface area contributed by atoms with Crippen LogP contribution < -0.4 is 20.7 Å². The Morgan fingerprint density at radius 3 is 2.64 bits per heavy atom. The summed E-state index contributed by atoms with van der Waals surface area (Å²) in [4.78, 5) is 24.9. The first-order valence-electron chi connectivity index (χ1n) is 11.5. The summed E-state index contributed by atoms with van der Waals surface area (Å²) in [7, 11) is 1.45. The number of ether oxygens (including phenoxy) is 4. The average Bonchev–Trinajstić information content (AvgIpc) is 2.86. The molecule has 1 fully saturated rings. The number of thioether (sulfide) groups is 1. The van der Waals surface area contributed by atoms with E-state index < -0.39 is 27.9 Å². The predicted molar refractivity (Wildman–Crippen MR) is 137 cm³/mol. The van der Waals surface area contributed by atoms with Gasteiger partial charge >= 0.3 is 6.03 Å². The van der Waals surface area contributed by atoms with E-state index in [2.05, 4.69) is 21.9 Å². The lowest BCUT2D eigenvalue weighted by molar-refractivity contribution is -0.121. The van der Waals surface area contributed by atoms with Gasteiger partial charge in [-0.15, -0.1) is 29.8 Å². The Morgan fingerprint density at radius 2 is 1.97 bits per heavy atom. The first-order chi connectivity index (χ1) is 17.3. The number of alkyl halides is 1. The summed E-state index contributed by atoms with van der Waals surface area (Å²) in [5.74, 6) is 1.97. The van der Waals surface area contributed by atoms with Crippen molar-refractivity contribution in [2.75, 3.05) is 53.3 Å². The van der Waals surface area contributed by atoms with Gasteiger partial charge in [0.05, 0.1) is 55.6 Å². The number of hydrogen-bond donors (Lipinski definition) is 3. The van der Waals surface area contributed by atoms with Crippen LogP contribution in [-0.2, 0) is 19.0 Å². The van der Waals surface area contributed by atoms with Gasteiger partial charge in [0.25, 0.3) is 0 Å². The normalized spacial score (nSPS) is 18.9. The smallest absolute Gasteiger partial charge is 0.315 e. The number of rotatable bonds is 16. The molecule has 3 amide bonds. The summed E-state index contributed by atoms with van der Waals surface area (Å²) in [5.41, 5.74) is 0.331. The number of hydrogen-bond acceptors (Lipinski definition) is 7. The lowest BCUT2D eigenvalue weighted by Crippen LogP contribution is -2.55. The van der Waals surface area contributed by atoms with Crippen LogP contribution >= 0.6 is 23.4 Å². The van der Waals surface area contributed by atoms with Crippen LogP contribution in [0.1, 0.15) is 24.9 Å². The quantitative estimate of drug-likeness (QED) is 0.166. The molecular weight excluding hydrogens is 513 g/mol. The largest absolute Gasteiger partial charge is 0.497 e. The van der Waals surface area contributed by atoms with E-state index >= 15 is 0 Å². The molecule has 9 nitrogen and oxygen atoms in total. The van der Waals surface area contributed by atoms with Gasteiger partial charge in [-0.2, -0.15) is 0 Å². The SMILES string of the molecule is C#CCOCCOCCOCC[C@@H](SC1NC(=O)NCC1Cl)C(=O)N[C@H](C)c1ccc(OC)cc1F. The summed E-state index contributed by atoms with van der Waals surface area (Å²) in [6.45, 7) is 4.00. The fourth-order valence-electron chi connectivity index (χ4n) is 3.26. The molecular formula is C24H33ClFN3O6S. The van der Waals surface area contributed by atoms with Crippen molar-refractivity contribution < 1.29 is 32.9 Å². The number of urea groups is 1. The average molecular weight is 546 g/mol. The van der Waals surface area contributed by atoms with Gasteiger partial charge in [0.1, 0.15) is 18.2 Å². The molecule has 0 saturated carbocycles. The fraction of sp³-hybridized carbons (Fsp3) is 0.583. The molecule has 0 aliphatic carbocycles. The second kappa shape index (κ2) is 16.5. The van der Waals surface area contributed by atoms with E-state index in [-0.39, 0.29) is 31.7 Å². The molecule has 3 N–H and O–H groups in total. The summed E-state index contributed by atoms with van der Waals surface area (Å²) in [6, 6.07) is 3.53. The first kappa shape index (κ1) is 30.0. The maximum atomic E-state index is 14.5. The van der Waals surface area contributed by atoms with Crippen molar-refractivity contribution in [3.8, 4) is 18.1 Å². The van der Waals surface area contributed by atoms with Crippen molar-refractivity contribution in [3.05, 3.63) is 29.6 Å². The Bertz CT molecular complexity index is 890. The van der Waals surface area contributed by atoms with Gasteiger partial charge in [0, 0.05) is 24.8 Å². The number of carbonyl (C=O) groups excluding carboxylic acids is 2. The van der Waals surface area contributed by atoms with Gasteiger partial charge in [-0.25, -0.2) is 9.18 Å². The van der Waals surface area contributed by atoms with Crippen molar-refractivity contribution >= 4 is 35.3 Å². The fourth-order valence-corrected chi connectivity index (χ4v) is 4.79. The van der Waals surface area contributed by atoms with Gasteiger partial charge in [0.15, 0.2) is 0 Å². The molecule has 1 aromatic rings. The van der Waals surface area contributed by atoms with Crippen LogP contribution in [0.15, 0.2) is 18.2 Å². The zero-order valence-electron chi connectivity index (χ0n) is 20.4. The third kappa shape index (κ3) is 10.4. The van der Waals surface area contributed by atoms with E-state index in [1.54, 1.807) is 19.1 Å². The molecule has 0 radical (unpaired) electrons. The topological polar surface area (TPSA) is 107 Å². The van der Waals surface area contributed by atoms with Gasteiger partial charge in [-0.05, 0) is 19.4 Å². The molecule has 36 heavy (non-hydrogen) atoms. The minimum absolute atomic E-state index is 0.241. The number of carbonyl (C=O) groups is 2. The molecule has 2 rings (SSSR count). The van der Waals surface area contributed by atoms with Crippen molar-refractivity contribution in [1.82, 2.24) is 16.0 Å². The molecule has 200 valence electrons. The molecule has 12 heteroatoms. The van der Waals surface area contributed by atoms with Crippen LogP contribution in [-0.4, -0.2) is 81.2 Å². The Kier molecular flexibility index (Phi) is 13.8. The highest BCUT2D eigenvalue weighted by atomic mass is 35.5. The third-order valence-electron chi connectivity index (χ3n) is 5.15. The van der Waals surface area contributed by atoms with E-state index in [0.29, 0.717) is 44.2 Å². The predicted octanol–water partition coefficient (Wildman–Crippen LogP) is 2.43. The molecule has 4 atom stereocenters. The molecule has 0 aromatic heterocycles. The van der Waals surface area contributed by atoms with Crippen LogP contribution in [0.2, 0.25) is 0 Å². The molecule has 2 unspecified atom stereocenters. The van der Waals surface area contributed by atoms with Crippen molar-refractivity contribution in [2.24, 2.45) is 0 Å². The molecule has 1 saturated heterocycles. The van der Waals surface area contributed by atoms with Crippen LogP contribution in [0.25, 0.3) is 0 Å². The summed E-state index contributed by atoms with van der Waals surface area (Å²) in [5, 5.41) is 6.72. The molecule has 1 aliphatic rings. The highest BCUT2D eigenvalue weighted by Crippen LogP contribution is 2.27. The highest BCUT2D eigenvalue weighted by molar-refractivity contribution is 8.01. The van der Waals surface area contributed by atoms with Gasteiger partial charge in [-0.1, -0.05) is 12.0 Å². The van der Waals surface area contributed by atoms with Crippen LogP contribution in [0.3, 0.4) is 0 Å². The summed E-state index contributed by atoms with van der Waals surface area (Å²) >= 11 is 7.59. The third-order valence-corrected chi connectivity index (χ3v) is 7.22. The van der Waals surface area contributed by atoms with Crippen molar-refractivity contribution in [3.63, 3.8) is 0 Å². The van der Waals surface area contributed by atoms with Crippen molar-refractivity contribution in [1.29, 1.82) is 0 Å².